The van der Waals surface area contributed by atoms with Gasteiger partial charge in [-0.1, -0.05) is 378 Å². The Labute approximate surface area is 513 Å². The Hall–Kier alpha value is -1.66. The van der Waals surface area contributed by atoms with E-state index in [1.165, 1.54) is 353 Å². The molecule has 0 bridgehead atoms. The van der Waals surface area contributed by atoms with Crippen LogP contribution < -0.4 is 5.32 Å². The van der Waals surface area contributed by atoms with Gasteiger partial charge in [0.1, 0.15) is 0 Å². The molecule has 0 aromatic rings. The van der Waals surface area contributed by atoms with E-state index in [1.807, 2.05) is 6.08 Å². The lowest BCUT2D eigenvalue weighted by molar-refractivity contribution is -0.143. The predicted octanol–water partition coefficient (Wildman–Crippen LogP) is 24.5. The number of allylic oxidation sites excluding steroid dienone is 3. The van der Waals surface area contributed by atoms with Crippen LogP contribution in [0.2, 0.25) is 0 Å². The van der Waals surface area contributed by atoms with Crippen LogP contribution in [0.3, 0.4) is 0 Å². The van der Waals surface area contributed by atoms with Crippen molar-refractivity contribution in [1.82, 2.24) is 5.32 Å². The van der Waals surface area contributed by atoms with Gasteiger partial charge < -0.3 is 20.3 Å². The van der Waals surface area contributed by atoms with Gasteiger partial charge in [0, 0.05) is 12.8 Å². The molecule has 0 saturated heterocycles. The molecule has 0 rings (SSSR count). The summed E-state index contributed by atoms with van der Waals surface area (Å²) in [6.45, 7) is 4.92. The summed E-state index contributed by atoms with van der Waals surface area (Å²) in [5.74, 6) is -0.0446. The molecule has 0 aliphatic carbocycles. The van der Waals surface area contributed by atoms with E-state index >= 15 is 0 Å². The molecular weight excluding hydrogens is 1010 g/mol. The molecule has 0 aliphatic rings. The zero-order chi connectivity index (χ0) is 59.2. The van der Waals surface area contributed by atoms with Gasteiger partial charge in [-0.05, 0) is 57.8 Å². The van der Waals surface area contributed by atoms with Crippen molar-refractivity contribution in [1.29, 1.82) is 0 Å². The number of ether oxygens (including phenoxy) is 1. The third-order valence-electron chi connectivity index (χ3n) is 17.7. The third kappa shape index (κ3) is 67.5. The summed E-state index contributed by atoms with van der Waals surface area (Å²) in [4.78, 5) is 24.5. The van der Waals surface area contributed by atoms with Gasteiger partial charge in [0.15, 0.2) is 0 Å². The van der Waals surface area contributed by atoms with Crippen molar-refractivity contribution in [2.75, 3.05) is 13.2 Å². The van der Waals surface area contributed by atoms with Crippen LogP contribution in [0.25, 0.3) is 0 Å². The summed E-state index contributed by atoms with van der Waals surface area (Å²) in [5, 5.41) is 23.1. The quantitative estimate of drug-likeness (QED) is 0.0320. The molecule has 0 heterocycles. The Morgan fingerprint density at radius 3 is 0.866 bits per heavy atom. The van der Waals surface area contributed by atoms with Crippen LogP contribution in [-0.2, 0) is 14.3 Å². The Bertz CT molecular complexity index is 1280. The van der Waals surface area contributed by atoms with Gasteiger partial charge in [-0.15, -0.1) is 0 Å². The first-order valence-corrected chi connectivity index (χ1v) is 37.6. The Morgan fingerprint density at radius 1 is 0.329 bits per heavy atom. The zero-order valence-electron chi connectivity index (χ0n) is 55.8. The lowest BCUT2D eigenvalue weighted by Crippen LogP contribution is -2.45. The largest absolute Gasteiger partial charge is 0.466 e. The van der Waals surface area contributed by atoms with E-state index in [0.717, 1.165) is 44.9 Å². The van der Waals surface area contributed by atoms with Crippen LogP contribution >= 0.6 is 0 Å². The SMILES string of the molecule is CCCCCCCC/C=C\CCCCCCCC(=O)OCCCCCCCCCCCCCCCCCCCCCCCCCCCCCCCCCCCCCCCCCC(=O)NC(CO)C(O)/C=C/CCCCCCCCCCC. The van der Waals surface area contributed by atoms with Crippen molar-refractivity contribution in [3.8, 4) is 0 Å². The number of aliphatic hydroxyl groups excluding tert-OH is 2. The number of aliphatic hydroxyl groups is 2. The molecule has 82 heavy (non-hydrogen) atoms. The number of hydrogen-bond donors (Lipinski definition) is 3. The molecule has 2 unspecified atom stereocenters. The van der Waals surface area contributed by atoms with E-state index in [9.17, 15) is 19.8 Å². The highest BCUT2D eigenvalue weighted by atomic mass is 16.5. The van der Waals surface area contributed by atoms with Crippen LogP contribution in [0.4, 0.5) is 0 Å². The molecule has 0 aromatic carbocycles. The first-order valence-electron chi connectivity index (χ1n) is 37.6. The van der Waals surface area contributed by atoms with Crippen molar-refractivity contribution >= 4 is 11.9 Å². The van der Waals surface area contributed by atoms with Crippen LogP contribution in [0.15, 0.2) is 24.3 Å². The number of carbonyl (C=O) groups excluding carboxylic acids is 2. The lowest BCUT2D eigenvalue weighted by atomic mass is 10.0. The summed E-state index contributed by atoms with van der Waals surface area (Å²) < 4.78 is 5.50. The second-order valence-electron chi connectivity index (χ2n) is 26.0. The normalized spacial score (nSPS) is 12.6. The van der Waals surface area contributed by atoms with Crippen molar-refractivity contribution < 1.29 is 24.5 Å². The number of unbranched alkanes of at least 4 members (excludes halogenated alkanes) is 58. The molecule has 3 N–H and O–H groups in total. The molecule has 486 valence electrons. The zero-order valence-corrected chi connectivity index (χ0v) is 55.8. The van der Waals surface area contributed by atoms with Crippen LogP contribution in [-0.4, -0.2) is 47.4 Å². The van der Waals surface area contributed by atoms with Gasteiger partial charge in [-0.25, -0.2) is 0 Å². The minimum Gasteiger partial charge on any atom is -0.466 e. The standard InChI is InChI=1S/C76H147NO5/c1-3-5-7-9-11-13-15-16-42-46-50-54-58-62-66-70-76(81)82-71-67-63-59-55-51-47-44-41-39-37-35-33-31-29-27-25-23-21-19-17-18-20-22-24-26-28-30-32-34-36-38-40-43-45-49-53-57-61-65-69-75(80)77-73(72-78)74(79)68-64-60-56-52-48-14-12-10-8-6-4-2/h16,42,64,68,73-74,78-79H,3-15,17-41,43-63,65-67,69-72H2,1-2H3,(H,77,80)/b42-16-,68-64+. The van der Waals surface area contributed by atoms with E-state index in [0.29, 0.717) is 19.4 Å². The first kappa shape index (κ1) is 80.3. The fraction of sp³-hybridized carbons (Fsp3) is 0.921. The molecule has 1 amide bonds. The van der Waals surface area contributed by atoms with E-state index in [-0.39, 0.29) is 18.5 Å². The van der Waals surface area contributed by atoms with E-state index in [2.05, 4.69) is 31.3 Å². The summed E-state index contributed by atoms with van der Waals surface area (Å²) >= 11 is 0. The second-order valence-corrected chi connectivity index (χ2v) is 26.0. The number of nitrogens with one attached hydrogen (secondary N) is 1. The fourth-order valence-corrected chi connectivity index (χ4v) is 12.0. The molecule has 0 aromatic heterocycles. The van der Waals surface area contributed by atoms with Gasteiger partial charge in [-0.2, -0.15) is 0 Å². The van der Waals surface area contributed by atoms with Crippen LogP contribution in [0.1, 0.15) is 425 Å². The predicted molar refractivity (Wildman–Crippen MR) is 361 cm³/mol. The Kier molecular flexibility index (Phi) is 70.4. The van der Waals surface area contributed by atoms with Crippen molar-refractivity contribution in [2.24, 2.45) is 0 Å². The highest BCUT2D eigenvalue weighted by Gasteiger charge is 2.18. The average Bonchev–Trinajstić information content (AvgIpc) is 3.48. The van der Waals surface area contributed by atoms with Gasteiger partial charge in [0.25, 0.3) is 0 Å². The topological polar surface area (TPSA) is 95.9 Å². The second kappa shape index (κ2) is 71.8. The summed E-state index contributed by atoms with van der Waals surface area (Å²) in [7, 11) is 0. The summed E-state index contributed by atoms with van der Waals surface area (Å²) in [6, 6.07) is -0.621. The number of carbonyl (C=O) groups is 2. The van der Waals surface area contributed by atoms with Crippen LogP contribution in [0.5, 0.6) is 0 Å². The monoisotopic (exact) mass is 1150 g/mol. The molecule has 2 atom stereocenters. The number of hydrogen-bond acceptors (Lipinski definition) is 5. The van der Waals surface area contributed by atoms with E-state index < -0.39 is 12.1 Å². The Morgan fingerprint density at radius 2 is 0.573 bits per heavy atom. The summed E-state index contributed by atoms with van der Waals surface area (Å²) in [5.41, 5.74) is 0. The summed E-state index contributed by atoms with van der Waals surface area (Å²) in [6.07, 6.45) is 91.7. The van der Waals surface area contributed by atoms with Crippen molar-refractivity contribution in [3.05, 3.63) is 24.3 Å². The molecule has 6 nitrogen and oxygen atoms in total. The van der Waals surface area contributed by atoms with Gasteiger partial charge >= 0.3 is 5.97 Å². The lowest BCUT2D eigenvalue weighted by Gasteiger charge is -2.20. The maximum absolute atomic E-state index is 12.4. The first-order chi connectivity index (χ1) is 40.5. The smallest absolute Gasteiger partial charge is 0.305 e. The average molecular weight is 1160 g/mol. The molecule has 0 fully saturated rings. The molecule has 0 aliphatic heterocycles. The third-order valence-corrected chi connectivity index (χ3v) is 17.7. The minimum absolute atomic E-state index is 0.0165. The van der Waals surface area contributed by atoms with E-state index in [1.54, 1.807) is 6.08 Å². The number of rotatable bonds is 71. The van der Waals surface area contributed by atoms with Crippen LogP contribution in [0, 0.1) is 0 Å². The molecule has 0 spiro atoms. The minimum atomic E-state index is -0.838. The molecule has 0 radical (unpaired) electrons. The van der Waals surface area contributed by atoms with Gasteiger partial charge in [0.2, 0.25) is 5.91 Å². The molecule has 0 saturated carbocycles. The van der Waals surface area contributed by atoms with Gasteiger partial charge in [0.05, 0.1) is 25.4 Å². The molecule has 6 heteroatoms. The Balaban J connectivity index is 3.27. The highest BCUT2D eigenvalue weighted by Crippen LogP contribution is 2.19. The van der Waals surface area contributed by atoms with E-state index in [4.69, 9.17) is 4.74 Å². The fourth-order valence-electron chi connectivity index (χ4n) is 12.0. The van der Waals surface area contributed by atoms with Crippen molar-refractivity contribution in [3.63, 3.8) is 0 Å². The highest BCUT2D eigenvalue weighted by molar-refractivity contribution is 5.76. The maximum atomic E-state index is 12.4. The number of amides is 1. The maximum Gasteiger partial charge on any atom is 0.305 e. The van der Waals surface area contributed by atoms with Gasteiger partial charge in [-0.3, -0.25) is 9.59 Å². The molecular formula is C76H147NO5. The van der Waals surface area contributed by atoms with Crippen molar-refractivity contribution in [2.45, 2.75) is 437 Å². The number of esters is 1.